The first-order chi connectivity index (χ1) is 7.63. The molecule has 16 heavy (non-hydrogen) atoms. The quantitative estimate of drug-likeness (QED) is 0.840. The zero-order valence-electron chi connectivity index (χ0n) is 8.41. The molecule has 0 unspecified atom stereocenters. The van der Waals surface area contributed by atoms with E-state index < -0.39 is 5.82 Å². The first-order valence-electron chi connectivity index (χ1n) is 4.48. The van der Waals surface area contributed by atoms with Crippen molar-refractivity contribution >= 4 is 23.5 Å². The van der Waals surface area contributed by atoms with Gasteiger partial charge in [0.05, 0.1) is 5.02 Å². The van der Waals surface area contributed by atoms with Gasteiger partial charge in [-0.15, -0.1) is 5.10 Å². The molecule has 0 spiro atoms. The van der Waals surface area contributed by atoms with Crippen LogP contribution in [0.5, 0.6) is 0 Å². The molecule has 0 aliphatic rings. The molecule has 2 aromatic rings. The third-order valence-corrected chi connectivity index (χ3v) is 2.31. The number of anilines is 2. The Hall–Kier alpha value is -1.82. The van der Waals surface area contributed by atoms with Crippen molar-refractivity contribution in [2.75, 3.05) is 18.1 Å². The van der Waals surface area contributed by atoms with Crippen molar-refractivity contribution in [2.45, 2.75) is 0 Å². The van der Waals surface area contributed by atoms with Gasteiger partial charge in [-0.2, -0.15) is 9.67 Å². The normalized spacial score (nSPS) is 10.4. The maximum absolute atomic E-state index is 13.6. The molecule has 1 aromatic heterocycles. The van der Waals surface area contributed by atoms with Crippen molar-refractivity contribution in [1.82, 2.24) is 14.8 Å². The maximum atomic E-state index is 13.6. The van der Waals surface area contributed by atoms with Gasteiger partial charge in [0.2, 0.25) is 11.9 Å². The van der Waals surface area contributed by atoms with Crippen molar-refractivity contribution in [3.05, 3.63) is 29.0 Å². The van der Waals surface area contributed by atoms with Crippen molar-refractivity contribution in [3.8, 4) is 5.69 Å². The second kappa shape index (κ2) is 3.97. The molecule has 1 heterocycles. The molecule has 3 N–H and O–H groups in total. The highest BCUT2D eigenvalue weighted by molar-refractivity contribution is 6.32. The Morgan fingerprint density at radius 1 is 1.50 bits per heavy atom. The summed E-state index contributed by atoms with van der Waals surface area (Å²) in [5.74, 6) is -0.139. The lowest BCUT2D eigenvalue weighted by Gasteiger charge is -2.05. The molecule has 0 aliphatic heterocycles. The molecule has 0 aliphatic carbocycles. The number of halogens is 2. The molecular weight excluding hydrogens is 233 g/mol. The minimum Gasteiger partial charge on any atom is -0.368 e. The van der Waals surface area contributed by atoms with E-state index in [9.17, 15) is 4.39 Å². The summed E-state index contributed by atoms with van der Waals surface area (Å²) in [6.45, 7) is 0. The van der Waals surface area contributed by atoms with Gasteiger partial charge in [0.1, 0.15) is 5.69 Å². The first kappa shape index (κ1) is 10.7. The third kappa shape index (κ3) is 1.67. The van der Waals surface area contributed by atoms with Crippen LogP contribution in [-0.2, 0) is 0 Å². The lowest BCUT2D eigenvalue weighted by Crippen LogP contribution is -2.05. The number of rotatable bonds is 2. The first-order valence-corrected chi connectivity index (χ1v) is 4.86. The van der Waals surface area contributed by atoms with E-state index in [1.165, 1.54) is 12.1 Å². The number of nitrogens with one attached hydrogen (secondary N) is 1. The molecule has 0 saturated carbocycles. The molecule has 5 nitrogen and oxygen atoms in total. The minimum atomic E-state index is -0.508. The van der Waals surface area contributed by atoms with Crippen LogP contribution in [0.3, 0.4) is 0 Å². The fraction of sp³-hybridized carbons (Fsp3) is 0.111. The fourth-order valence-electron chi connectivity index (χ4n) is 1.29. The maximum Gasteiger partial charge on any atom is 0.244 e. The van der Waals surface area contributed by atoms with Gasteiger partial charge in [-0.05, 0) is 12.1 Å². The molecule has 0 fully saturated rings. The lowest BCUT2D eigenvalue weighted by molar-refractivity contribution is 0.612. The predicted octanol–water partition coefficient (Wildman–Crippen LogP) is 1.68. The van der Waals surface area contributed by atoms with Crippen LogP contribution in [-0.4, -0.2) is 21.8 Å². The molecule has 0 radical (unpaired) electrons. The number of hydrogen-bond acceptors (Lipinski definition) is 4. The Morgan fingerprint density at radius 2 is 2.25 bits per heavy atom. The largest absolute Gasteiger partial charge is 0.368 e. The van der Waals surface area contributed by atoms with Gasteiger partial charge in [0.25, 0.3) is 0 Å². The van der Waals surface area contributed by atoms with E-state index >= 15 is 0 Å². The topological polar surface area (TPSA) is 68.8 Å². The van der Waals surface area contributed by atoms with Crippen LogP contribution in [0.1, 0.15) is 0 Å². The number of benzene rings is 1. The number of hydrogen-bond donors (Lipinski definition) is 2. The summed E-state index contributed by atoms with van der Waals surface area (Å²) < 4.78 is 14.7. The molecule has 0 atom stereocenters. The van der Waals surface area contributed by atoms with Crippen LogP contribution >= 0.6 is 11.6 Å². The van der Waals surface area contributed by atoms with Crippen LogP contribution in [0, 0.1) is 5.82 Å². The molecule has 7 heteroatoms. The van der Waals surface area contributed by atoms with E-state index in [-0.39, 0.29) is 16.7 Å². The molecular formula is C9H9ClFN5. The van der Waals surface area contributed by atoms with Gasteiger partial charge in [-0.3, -0.25) is 0 Å². The Bertz CT molecular complexity index is 504. The Labute approximate surface area is 96.0 Å². The fourth-order valence-corrected chi connectivity index (χ4v) is 1.53. The SMILES string of the molecule is CNc1nc(N)n(-c2c(F)cccc2Cl)n1. The van der Waals surface area contributed by atoms with E-state index in [0.717, 1.165) is 4.68 Å². The second-order valence-electron chi connectivity index (χ2n) is 3.03. The molecule has 84 valence electrons. The van der Waals surface area contributed by atoms with Gasteiger partial charge >= 0.3 is 0 Å². The van der Waals surface area contributed by atoms with Crippen molar-refractivity contribution in [3.63, 3.8) is 0 Å². The number of nitrogen functional groups attached to an aromatic ring is 1. The second-order valence-corrected chi connectivity index (χ2v) is 3.43. The van der Waals surface area contributed by atoms with E-state index in [1.807, 2.05) is 0 Å². The summed E-state index contributed by atoms with van der Waals surface area (Å²) in [5.41, 5.74) is 5.70. The summed E-state index contributed by atoms with van der Waals surface area (Å²) in [7, 11) is 1.64. The number of para-hydroxylation sites is 1. The van der Waals surface area contributed by atoms with Crippen LogP contribution in [0.4, 0.5) is 16.3 Å². The van der Waals surface area contributed by atoms with E-state index in [0.29, 0.717) is 5.95 Å². The molecule has 0 bridgehead atoms. The predicted molar refractivity (Wildman–Crippen MR) is 60.3 cm³/mol. The standard InChI is InChI=1S/C9H9ClFN5/c1-13-9-14-8(12)16(15-9)7-5(10)3-2-4-6(7)11/h2-4H,1H3,(H3,12,13,14,15). The molecule has 2 rings (SSSR count). The lowest BCUT2D eigenvalue weighted by atomic mass is 10.3. The third-order valence-electron chi connectivity index (χ3n) is 2.01. The van der Waals surface area contributed by atoms with Crippen molar-refractivity contribution < 1.29 is 4.39 Å². The van der Waals surface area contributed by atoms with Crippen LogP contribution in [0.2, 0.25) is 5.02 Å². The number of nitrogens with two attached hydrogens (primary N) is 1. The van der Waals surface area contributed by atoms with Gasteiger partial charge in [-0.1, -0.05) is 17.7 Å². The highest BCUT2D eigenvalue weighted by atomic mass is 35.5. The molecule has 1 aromatic carbocycles. The summed E-state index contributed by atoms with van der Waals surface area (Å²) >= 11 is 5.88. The van der Waals surface area contributed by atoms with Crippen LogP contribution in [0.15, 0.2) is 18.2 Å². The summed E-state index contributed by atoms with van der Waals surface area (Å²) in [6.07, 6.45) is 0. The van der Waals surface area contributed by atoms with E-state index in [1.54, 1.807) is 13.1 Å². The Morgan fingerprint density at radius 3 is 2.81 bits per heavy atom. The van der Waals surface area contributed by atoms with Crippen LogP contribution in [0.25, 0.3) is 5.69 Å². The highest BCUT2D eigenvalue weighted by Gasteiger charge is 2.14. The monoisotopic (exact) mass is 241 g/mol. The van der Waals surface area contributed by atoms with Crippen LogP contribution < -0.4 is 11.1 Å². The van der Waals surface area contributed by atoms with Gasteiger partial charge in [-0.25, -0.2) is 4.39 Å². The van der Waals surface area contributed by atoms with Gasteiger partial charge in [0.15, 0.2) is 5.82 Å². The summed E-state index contributed by atoms with van der Waals surface area (Å²) in [4.78, 5) is 3.88. The van der Waals surface area contributed by atoms with Crippen molar-refractivity contribution in [1.29, 1.82) is 0 Å². The Kier molecular flexibility index (Phi) is 2.66. The summed E-state index contributed by atoms with van der Waals surface area (Å²) in [6, 6.07) is 4.34. The minimum absolute atomic E-state index is 0.0661. The molecule has 0 amide bonds. The van der Waals surface area contributed by atoms with Gasteiger partial charge < -0.3 is 11.1 Å². The average Bonchev–Trinajstić information content (AvgIpc) is 2.60. The smallest absolute Gasteiger partial charge is 0.244 e. The number of aromatic nitrogens is 3. The number of nitrogens with zero attached hydrogens (tertiary/aromatic N) is 3. The van der Waals surface area contributed by atoms with Crippen molar-refractivity contribution in [2.24, 2.45) is 0 Å². The zero-order chi connectivity index (χ0) is 11.7. The highest BCUT2D eigenvalue weighted by Crippen LogP contribution is 2.25. The average molecular weight is 242 g/mol. The zero-order valence-corrected chi connectivity index (χ0v) is 9.16. The van der Waals surface area contributed by atoms with E-state index in [2.05, 4.69) is 15.4 Å². The molecule has 0 saturated heterocycles. The van der Waals surface area contributed by atoms with E-state index in [4.69, 9.17) is 17.3 Å². The summed E-state index contributed by atoms with van der Waals surface area (Å²) in [5, 5.41) is 6.89. The Balaban J connectivity index is 2.62. The van der Waals surface area contributed by atoms with Gasteiger partial charge in [0, 0.05) is 7.05 Å².